The molecule has 0 aliphatic rings. The molecule has 0 saturated carbocycles. The second-order valence-electron chi connectivity index (χ2n) is 5.78. The highest BCUT2D eigenvalue weighted by molar-refractivity contribution is 7.89. The molecule has 0 heterocycles. The average molecular weight is 317 g/mol. The van der Waals surface area contributed by atoms with Crippen LogP contribution in [0.5, 0.6) is 0 Å². The van der Waals surface area contributed by atoms with Crippen molar-refractivity contribution < 1.29 is 17.6 Å². The standard InChI is InChI=1S/C13H20FN3O3S/c1-13(2,3)16-12(18)8-17(4)21(19,20)11-6-9(14)5-10(15)7-11/h5-7H,8,15H2,1-4H3,(H,16,18). The Morgan fingerprint density at radius 3 is 2.38 bits per heavy atom. The molecule has 0 aromatic heterocycles. The van der Waals surface area contributed by atoms with E-state index >= 15 is 0 Å². The maximum absolute atomic E-state index is 13.3. The minimum Gasteiger partial charge on any atom is -0.399 e. The van der Waals surface area contributed by atoms with Crippen LogP contribution in [0.2, 0.25) is 0 Å². The summed E-state index contributed by atoms with van der Waals surface area (Å²) in [4.78, 5) is 11.5. The molecule has 1 amide bonds. The Hall–Kier alpha value is -1.67. The van der Waals surface area contributed by atoms with Gasteiger partial charge in [0, 0.05) is 18.3 Å². The number of halogens is 1. The third kappa shape index (κ3) is 4.98. The molecule has 0 saturated heterocycles. The normalized spacial score (nSPS) is 12.5. The lowest BCUT2D eigenvalue weighted by molar-refractivity contribution is -0.122. The molecule has 0 unspecified atom stereocenters. The summed E-state index contributed by atoms with van der Waals surface area (Å²) in [6.07, 6.45) is 0. The van der Waals surface area contributed by atoms with Gasteiger partial charge in [-0.3, -0.25) is 4.79 Å². The number of likely N-dealkylation sites (N-methyl/N-ethyl adjacent to an activating group) is 1. The van der Waals surface area contributed by atoms with E-state index in [0.717, 1.165) is 22.5 Å². The third-order valence-electron chi connectivity index (χ3n) is 2.48. The van der Waals surface area contributed by atoms with Crippen LogP contribution in [0.4, 0.5) is 10.1 Å². The number of rotatable bonds is 4. The zero-order valence-electron chi connectivity index (χ0n) is 12.5. The number of hydrogen-bond acceptors (Lipinski definition) is 4. The Morgan fingerprint density at radius 2 is 1.90 bits per heavy atom. The van der Waals surface area contributed by atoms with Crippen molar-refractivity contribution in [1.29, 1.82) is 0 Å². The van der Waals surface area contributed by atoms with E-state index in [1.54, 1.807) is 20.8 Å². The number of nitrogens with zero attached hydrogens (tertiary/aromatic N) is 1. The number of sulfonamides is 1. The van der Waals surface area contributed by atoms with Gasteiger partial charge in [0.1, 0.15) is 5.82 Å². The molecule has 1 aromatic carbocycles. The molecule has 1 aromatic rings. The van der Waals surface area contributed by atoms with E-state index in [-0.39, 0.29) is 17.1 Å². The molecule has 21 heavy (non-hydrogen) atoms. The van der Waals surface area contributed by atoms with Crippen LogP contribution in [0.15, 0.2) is 23.1 Å². The Balaban J connectivity index is 2.94. The lowest BCUT2D eigenvalue weighted by Crippen LogP contribution is -2.46. The minimum atomic E-state index is -3.98. The molecule has 0 spiro atoms. The summed E-state index contributed by atoms with van der Waals surface area (Å²) in [5.74, 6) is -1.20. The Bertz CT molecular complexity index is 618. The molecular weight excluding hydrogens is 297 g/mol. The van der Waals surface area contributed by atoms with Gasteiger partial charge in [-0.25, -0.2) is 12.8 Å². The monoisotopic (exact) mass is 317 g/mol. The highest BCUT2D eigenvalue weighted by Gasteiger charge is 2.25. The second kappa shape index (κ2) is 5.98. The van der Waals surface area contributed by atoms with Gasteiger partial charge in [0.05, 0.1) is 11.4 Å². The summed E-state index contributed by atoms with van der Waals surface area (Å²) in [7, 11) is -2.73. The van der Waals surface area contributed by atoms with Crippen molar-refractivity contribution in [2.75, 3.05) is 19.3 Å². The van der Waals surface area contributed by atoms with Crippen molar-refractivity contribution in [3.05, 3.63) is 24.0 Å². The van der Waals surface area contributed by atoms with Gasteiger partial charge in [0.2, 0.25) is 15.9 Å². The number of hydrogen-bond donors (Lipinski definition) is 2. The number of anilines is 1. The van der Waals surface area contributed by atoms with Gasteiger partial charge < -0.3 is 11.1 Å². The van der Waals surface area contributed by atoms with Crippen molar-refractivity contribution >= 4 is 21.6 Å². The van der Waals surface area contributed by atoms with E-state index in [4.69, 9.17) is 5.73 Å². The van der Waals surface area contributed by atoms with Crippen LogP contribution < -0.4 is 11.1 Å². The molecular formula is C13H20FN3O3S. The fourth-order valence-electron chi connectivity index (χ4n) is 1.66. The van der Waals surface area contributed by atoms with E-state index < -0.39 is 27.3 Å². The zero-order valence-corrected chi connectivity index (χ0v) is 13.3. The second-order valence-corrected chi connectivity index (χ2v) is 7.82. The Morgan fingerprint density at radius 1 is 1.33 bits per heavy atom. The van der Waals surface area contributed by atoms with Crippen LogP contribution >= 0.6 is 0 Å². The SMILES string of the molecule is CN(CC(=O)NC(C)(C)C)S(=O)(=O)c1cc(N)cc(F)c1. The summed E-state index contributed by atoms with van der Waals surface area (Å²) in [6, 6.07) is 3.03. The molecule has 118 valence electrons. The third-order valence-corrected chi connectivity index (χ3v) is 4.26. The van der Waals surface area contributed by atoms with Gasteiger partial charge in [-0.15, -0.1) is 0 Å². The first kappa shape index (κ1) is 17.4. The molecule has 3 N–H and O–H groups in total. The highest BCUT2D eigenvalue weighted by atomic mass is 32.2. The number of nitrogens with one attached hydrogen (secondary N) is 1. The van der Waals surface area contributed by atoms with E-state index in [1.807, 2.05) is 0 Å². The van der Waals surface area contributed by atoms with Gasteiger partial charge >= 0.3 is 0 Å². The van der Waals surface area contributed by atoms with Gasteiger partial charge in [-0.2, -0.15) is 4.31 Å². The molecule has 6 nitrogen and oxygen atoms in total. The van der Waals surface area contributed by atoms with Gasteiger partial charge in [-0.05, 0) is 39.0 Å². The Labute approximate surface area is 124 Å². The van der Waals surface area contributed by atoms with Crippen molar-refractivity contribution in [3.8, 4) is 0 Å². The first-order chi connectivity index (χ1) is 9.41. The van der Waals surface area contributed by atoms with Crippen molar-refractivity contribution in [2.45, 2.75) is 31.2 Å². The summed E-state index contributed by atoms with van der Waals surface area (Å²) in [6.45, 7) is 4.99. The number of amides is 1. The first-order valence-corrected chi connectivity index (χ1v) is 7.69. The van der Waals surface area contributed by atoms with Crippen LogP contribution in [-0.4, -0.2) is 37.8 Å². The molecule has 8 heteroatoms. The lowest BCUT2D eigenvalue weighted by atomic mass is 10.1. The Kier molecular flexibility index (Phi) is 4.95. The summed E-state index contributed by atoms with van der Waals surface area (Å²) < 4.78 is 38.6. The van der Waals surface area contributed by atoms with E-state index in [0.29, 0.717) is 0 Å². The predicted molar refractivity (Wildman–Crippen MR) is 78.5 cm³/mol. The maximum atomic E-state index is 13.3. The number of nitrogens with two attached hydrogens (primary N) is 1. The number of carbonyl (C=O) groups is 1. The number of carbonyl (C=O) groups excluding carboxylic acids is 1. The zero-order chi connectivity index (χ0) is 16.4. The average Bonchev–Trinajstić information content (AvgIpc) is 2.24. The smallest absolute Gasteiger partial charge is 0.243 e. The lowest BCUT2D eigenvalue weighted by Gasteiger charge is -2.23. The minimum absolute atomic E-state index is 0.00104. The first-order valence-electron chi connectivity index (χ1n) is 6.25. The van der Waals surface area contributed by atoms with Gasteiger partial charge in [0.25, 0.3) is 0 Å². The van der Waals surface area contributed by atoms with Gasteiger partial charge in [-0.1, -0.05) is 0 Å². The van der Waals surface area contributed by atoms with E-state index in [2.05, 4.69) is 5.32 Å². The summed E-state index contributed by atoms with van der Waals surface area (Å²) in [5.41, 5.74) is 4.97. The predicted octanol–water partition coefficient (Wildman–Crippen LogP) is 0.943. The van der Waals surface area contributed by atoms with Crippen LogP contribution in [0.25, 0.3) is 0 Å². The molecule has 0 atom stereocenters. The van der Waals surface area contributed by atoms with Crippen molar-refractivity contribution in [1.82, 2.24) is 9.62 Å². The quantitative estimate of drug-likeness (QED) is 0.809. The number of benzene rings is 1. The van der Waals surface area contributed by atoms with Crippen molar-refractivity contribution in [3.63, 3.8) is 0 Å². The highest BCUT2D eigenvalue weighted by Crippen LogP contribution is 2.19. The van der Waals surface area contributed by atoms with Crippen LogP contribution in [-0.2, 0) is 14.8 Å². The molecule has 0 bridgehead atoms. The van der Waals surface area contributed by atoms with E-state index in [1.165, 1.54) is 7.05 Å². The van der Waals surface area contributed by atoms with Crippen LogP contribution in [0.3, 0.4) is 0 Å². The molecule has 0 aliphatic heterocycles. The molecule has 0 radical (unpaired) electrons. The van der Waals surface area contributed by atoms with Gasteiger partial charge in [0.15, 0.2) is 0 Å². The topological polar surface area (TPSA) is 92.5 Å². The molecule has 1 rings (SSSR count). The van der Waals surface area contributed by atoms with E-state index in [9.17, 15) is 17.6 Å². The summed E-state index contributed by atoms with van der Waals surface area (Å²) in [5, 5.41) is 2.65. The van der Waals surface area contributed by atoms with Crippen LogP contribution in [0.1, 0.15) is 20.8 Å². The summed E-state index contributed by atoms with van der Waals surface area (Å²) >= 11 is 0. The fraction of sp³-hybridized carbons (Fsp3) is 0.462. The van der Waals surface area contributed by atoms with Crippen molar-refractivity contribution in [2.24, 2.45) is 0 Å². The number of nitrogen functional groups attached to an aromatic ring is 1. The fourth-order valence-corrected chi connectivity index (χ4v) is 2.85. The molecule has 0 aliphatic carbocycles. The maximum Gasteiger partial charge on any atom is 0.243 e. The molecule has 0 fully saturated rings. The largest absolute Gasteiger partial charge is 0.399 e. The van der Waals surface area contributed by atoms with Crippen LogP contribution in [0, 0.1) is 5.82 Å².